The number of carbonyl (C=O) groups is 1. The van der Waals surface area contributed by atoms with Gasteiger partial charge in [0, 0.05) is 5.56 Å². The van der Waals surface area contributed by atoms with Gasteiger partial charge in [-0.1, -0.05) is 42.5 Å². The van der Waals surface area contributed by atoms with Gasteiger partial charge in [-0.25, -0.2) is 0 Å². The smallest absolute Gasteiger partial charge is 0.271 e. The van der Waals surface area contributed by atoms with E-state index < -0.39 is 5.91 Å². The maximum Gasteiger partial charge on any atom is 0.271 e. The number of benzene rings is 3. The van der Waals surface area contributed by atoms with Crippen LogP contribution in [-0.2, 0) is 6.61 Å². The van der Waals surface area contributed by atoms with Crippen molar-refractivity contribution in [2.75, 3.05) is 13.2 Å². The van der Waals surface area contributed by atoms with Gasteiger partial charge in [-0.15, -0.1) is 0 Å². The van der Waals surface area contributed by atoms with Crippen LogP contribution in [0.4, 0.5) is 0 Å². The Labute approximate surface area is 184 Å². The minimum Gasteiger partial charge on any atom is -0.490 e. The summed E-state index contributed by atoms with van der Waals surface area (Å²) in [6, 6.07) is 24.6. The van der Waals surface area contributed by atoms with Crippen LogP contribution in [0.5, 0.6) is 17.2 Å². The molecule has 1 amide bonds. The predicted octanol–water partition coefficient (Wildman–Crippen LogP) is 3.61. The first-order valence-corrected chi connectivity index (χ1v) is 10.0. The van der Waals surface area contributed by atoms with Crippen molar-refractivity contribution in [3.63, 3.8) is 0 Å². The Morgan fingerprint density at radius 1 is 0.781 bits per heavy atom. The zero-order chi connectivity index (χ0) is 22.2. The van der Waals surface area contributed by atoms with E-state index in [-0.39, 0.29) is 5.69 Å². The van der Waals surface area contributed by atoms with Crippen LogP contribution in [0.2, 0.25) is 0 Å². The molecule has 4 rings (SSSR count). The summed E-state index contributed by atoms with van der Waals surface area (Å²) in [5, 5.41) is 10.2. The number of hydrogen-bond donors (Lipinski definition) is 2. The molecule has 0 fully saturated rings. The minimum absolute atomic E-state index is 0.0849. The van der Waals surface area contributed by atoms with E-state index in [1.165, 1.54) is 0 Å². The fraction of sp³-hybridized carbons (Fsp3) is 0.125. The molecule has 1 aromatic heterocycles. The molecular weight excluding hydrogens is 408 g/mol. The fourth-order valence-electron chi connectivity index (χ4n) is 3.03. The summed E-state index contributed by atoms with van der Waals surface area (Å²) in [5.74, 6) is 1.47. The van der Waals surface area contributed by atoms with Crippen molar-refractivity contribution in [1.29, 1.82) is 0 Å². The number of carbonyl (C=O) groups excluding carboxylic acids is 1. The molecule has 4 aromatic rings. The molecule has 162 valence electrons. The van der Waals surface area contributed by atoms with Gasteiger partial charge in [-0.05, 0) is 42.0 Å². The Morgan fingerprint density at radius 3 is 2.19 bits per heavy atom. The molecule has 0 aliphatic carbocycles. The van der Waals surface area contributed by atoms with Gasteiger partial charge < -0.3 is 19.9 Å². The summed E-state index contributed by atoms with van der Waals surface area (Å²) in [4.78, 5) is 11.5. The SMILES string of the molecule is NC(=O)c1n[nH]nc1-c1cccc(OCCOc2ccc(OCc3ccccc3)cc2)c1. The zero-order valence-electron chi connectivity index (χ0n) is 17.2. The Hall–Kier alpha value is -4.33. The zero-order valence-corrected chi connectivity index (χ0v) is 17.2. The molecule has 1 heterocycles. The Balaban J connectivity index is 1.25. The number of nitrogens with two attached hydrogens (primary N) is 1. The van der Waals surface area contributed by atoms with Gasteiger partial charge >= 0.3 is 0 Å². The fourth-order valence-corrected chi connectivity index (χ4v) is 3.03. The Bertz CT molecular complexity index is 1160. The van der Waals surface area contributed by atoms with Crippen LogP contribution < -0.4 is 19.9 Å². The highest BCUT2D eigenvalue weighted by atomic mass is 16.5. The van der Waals surface area contributed by atoms with E-state index in [9.17, 15) is 4.79 Å². The summed E-state index contributed by atoms with van der Waals surface area (Å²) >= 11 is 0. The van der Waals surface area contributed by atoms with Crippen molar-refractivity contribution >= 4 is 5.91 Å². The molecular formula is C24H22N4O4. The number of H-pyrrole nitrogens is 1. The van der Waals surface area contributed by atoms with E-state index >= 15 is 0 Å². The molecule has 8 nitrogen and oxygen atoms in total. The Morgan fingerprint density at radius 2 is 1.47 bits per heavy atom. The monoisotopic (exact) mass is 430 g/mol. The third-order valence-corrected chi connectivity index (χ3v) is 4.58. The second kappa shape index (κ2) is 10.1. The summed E-state index contributed by atoms with van der Waals surface area (Å²) in [6.45, 7) is 1.23. The highest BCUT2D eigenvalue weighted by Crippen LogP contribution is 2.24. The number of rotatable bonds is 10. The van der Waals surface area contributed by atoms with E-state index in [1.54, 1.807) is 18.2 Å². The molecule has 8 heteroatoms. The number of nitrogens with one attached hydrogen (secondary N) is 1. The van der Waals surface area contributed by atoms with E-state index in [1.807, 2.05) is 60.7 Å². The average Bonchev–Trinajstić information content (AvgIpc) is 3.33. The maximum absolute atomic E-state index is 11.5. The number of amides is 1. The van der Waals surface area contributed by atoms with Crippen LogP contribution in [0.3, 0.4) is 0 Å². The normalized spacial score (nSPS) is 10.5. The van der Waals surface area contributed by atoms with Crippen LogP contribution in [0.1, 0.15) is 16.1 Å². The van der Waals surface area contributed by atoms with Crippen molar-refractivity contribution in [3.8, 4) is 28.5 Å². The van der Waals surface area contributed by atoms with E-state index in [0.29, 0.717) is 36.8 Å². The van der Waals surface area contributed by atoms with E-state index in [4.69, 9.17) is 19.9 Å². The number of aromatic amines is 1. The molecule has 0 unspecified atom stereocenters. The lowest BCUT2D eigenvalue weighted by Crippen LogP contribution is -2.12. The summed E-state index contributed by atoms with van der Waals surface area (Å²) in [5.41, 5.74) is 7.58. The van der Waals surface area contributed by atoms with E-state index in [2.05, 4.69) is 15.4 Å². The van der Waals surface area contributed by atoms with Crippen LogP contribution in [0, 0.1) is 0 Å². The first-order valence-electron chi connectivity index (χ1n) is 10.0. The topological polar surface area (TPSA) is 112 Å². The van der Waals surface area contributed by atoms with Gasteiger partial charge in [0.2, 0.25) is 0 Å². The lowest BCUT2D eigenvalue weighted by atomic mass is 10.1. The molecule has 0 spiro atoms. The molecule has 0 saturated heterocycles. The molecule has 0 aliphatic rings. The third kappa shape index (κ3) is 5.42. The van der Waals surface area contributed by atoms with Crippen molar-refractivity contribution in [2.24, 2.45) is 5.73 Å². The second-order valence-electron chi connectivity index (χ2n) is 6.86. The first kappa shape index (κ1) is 20.9. The molecule has 0 aliphatic heterocycles. The molecule has 0 saturated carbocycles. The number of primary amides is 1. The average molecular weight is 430 g/mol. The van der Waals surface area contributed by atoms with Gasteiger partial charge in [-0.2, -0.15) is 15.4 Å². The Kier molecular flexibility index (Phi) is 6.62. The lowest BCUT2D eigenvalue weighted by Gasteiger charge is -2.10. The van der Waals surface area contributed by atoms with Gasteiger partial charge in [0.15, 0.2) is 5.69 Å². The third-order valence-electron chi connectivity index (χ3n) is 4.58. The minimum atomic E-state index is -0.648. The van der Waals surface area contributed by atoms with Crippen molar-refractivity contribution in [2.45, 2.75) is 6.61 Å². The highest BCUT2D eigenvalue weighted by molar-refractivity contribution is 5.96. The summed E-state index contributed by atoms with van der Waals surface area (Å²) < 4.78 is 17.3. The lowest BCUT2D eigenvalue weighted by molar-refractivity contribution is 0.0996. The number of ether oxygens (including phenoxy) is 3. The van der Waals surface area contributed by atoms with Gasteiger partial charge in [0.25, 0.3) is 5.91 Å². The molecule has 3 N–H and O–H groups in total. The first-order chi connectivity index (χ1) is 15.7. The van der Waals surface area contributed by atoms with Crippen LogP contribution >= 0.6 is 0 Å². The maximum atomic E-state index is 11.5. The van der Waals surface area contributed by atoms with Crippen LogP contribution in [0.15, 0.2) is 78.9 Å². The van der Waals surface area contributed by atoms with Gasteiger partial charge in [0.05, 0.1) is 0 Å². The van der Waals surface area contributed by atoms with Crippen molar-refractivity contribution in [1.82, 2.24) is 15.4 Å². The number of nitrogens with zero attached hydrogens (tertiary/aromatic N) is 2. The molecule has 0 bridgehead atoms. The van der Waals surface area contributed by atoms with Crippen LogP contribution in [-0.4, -0.2) is 34.5 Å². The van der Waals surface area contributed by atoms with Gasteiger partial charge in [-0.3, -0.25) is 4.79 Å². The second-order valence-corrected chi connectivity index (χ2v) is 6.86. The van der Waals surface area contributed by atoms with Gasteiger partial charge in [0.1, 0.15) is 42.8 Å². The molecule has 32 heavy (non-hydrogen) atoms. The number of hydrogen-bond acceptors (Lipinski definition) is 6. The van der Waals surface area contributed by atoms with Crippen molar-refractivity contribution in [3.05, 3.63) is 90.1 Å². The standard InChI is InChI=1S/C24H22N4O4/c25-24(29)23-22(26-28-27-23)18-7-4-8-21(15-18)31-14-13-30-19-9-11-20(12-10-19)32-16-17-5-2-1-3-6-17/h1-12,15H,13-14,16H2,(H2,25,29)(H,26,27,28). The largest absolute Gasteiger partial charge is 0.490 e. The van der Waals surface area contributed by atoms with Crippen molar-refractivity contribution < 1.29 is 19.0 Å². The summed E-state index contributed by atoms with van der Waals surface area (Å²) in [6.07, 6.45) is 0. The summed E-state index contributed by atoms with van der Waals surface area (Å²) in [7, 11) is 0. The molecule has 0 atom stereocenters. The van der Waals surface area contributed by atoms with Crippen LogP contribution in [0.25, 0.3) is 11.3 Å². The molecule has 0 radical (unpaired) electrons. The number of aromatic nitrogens is 3. The molecule has 3 aromatic carbocycles. The quantitative estimate of drug-likeness (QED) is 0.372. The highest BCUT2D eigenvalue weighted by Gasteiger charge is 2.15. The van der Waals surface area contributed by atoms with E-state index in [0.717, 1.165) is 17.1 Å². The predicted molar refractivity (Wildman–Crippen MR) is 119 cm³/mol.